The lowest BCUT2D eigenvalue weighted by atomic mass is 10.1. The van der Waals surface area contributed by atoms with Crippen LogP contribution >= 0.6 is 22.9 Å². The van der Waals surface area contributed by atoms with Gasteiger partial charge in [0.1, 0.15) is 18.0 Å². The van der Waals surface area contributed by atoms with E-state index in [0.717, 1.165) is 41.5 Å². The molecule has 0 aliphatic carbocycles. The van der Waals surface area contributed by atoms with Gasteiger partial charge in [0.25, 0.3) is 0 Å². The van der Waals surface area contributed by atoms with Gasteiger partial charge in [-0.25, -0.2) is 15.8 Å². The summed E-state index contributed by atoms with van der Waals surface area (Å²) in [6, 6.07) is 3.97. The van der Waals surface area contributed by atoms with Gasteiger partial charge in [-0.2, -0.15) is 0 Å². The molecule has 0 amide bonds. The Morgan fingerprint density at radius 3 is 2.70 bits per heavy atom. The maximum atomic E-state index is 5.92. The number of thiophene rings is 1. The first-order valence-electron chi connectivity index (χ1n) is 6.53. The van der Waals surface area contributed by atoms with Gasteiger partial charge in [-0.05, 0) is 25.0 Å². The number of halogens is 1. The summed E-state index contributed by atoms with van der Waals surface area (Å²) >= 11 is 7.52. The summed E-state index contributed by atoms with van der Waals surface area (Å²) in [5.41, 5.74) is 3.66. The molecule has 0 aliphatic heterocycles. The molecule has 0 fully saturated rings. The number of rotatable bonds is 7. The lowest BCUT2D eigenvalue weighted by Crippen LogP contribution is -2.15. The van der Waals surface area contributed by atoms with Gasteiger partial charge in [0.2, 0.25) is 0 Å². The molecule has 0 aliphatic rings. The Morgan fingerprint density at radius 1 is 1.25 bits per heavy atom. The average Bonchev–Trinajstić information content (AvgIpc) is 2.86. The Morgan fingerprint density at radius 2 is 2.05 bits per heavy atom. The maximum absolute atomic E-state index is 5.92. The molecule has 4 N–H and O–H groups in total. The molecule has 2 aromatic heterocycles. The van der Waals surface area contributed by atoms with Gasteiger partial charge < -0.3 is 10.7 Å². The second kappa shape index (κ2) is 7.42. The Kier molecular flexibility index (Phi) is 5.58. The summed E-state index contributed by atoms with van der Waals surface area (Å²) in [5, 5.41) is 3.35. The zero-order chi connectivity index (χ0) is 14.4. The molecule has 2 heterocycles. The van der Waals surface area contributed by atoms with Crippen molar-refractivity contribution in [1.82, 2.24) is 9.97 Å². The van der Waals surface area contributed by atoms with Crippen molar-refractivity contribution in [2.75, 3.05) is 17.3 Å². The molecule has 0 atom stereocenters. The minimum absolute atomic E-state index is 0.684. The number of aromatic nitrogens is 2. The van der Waals surface area contributed by atoms with E-state index < -0.39 is 0 Å². The number of anilines is 2. The maximum Gasteiger partial charge on any atom is 0.148 e. The molecule has 0 radical (unpaired) electrons. The number of hydrogen-bond acceptors (Lipinski definition) is 6. The average molecular weight is 312 g/mol. The van der Waals surface area contributed by atoms with Crippen LogP contribution in [0.25, 0.3) is 0 Å². The summed E-state index contributed by atoms with van der Waals surface area (Å²) in [7, 11) is 0. The summed E-state index contributed by atoms with van der Waals surface area (Å²) < 4.78 is 0.823. The van der Waals surface area contributed by atoms with Crippen molar-refractivity contribution in [3.05, 3.63) is 33.2 Å². The van der Waals surface area contributed by atoms with Crippen LogP contribution in [0.1, 0.15) is 23.8 Å². The molecule has 0 aromatic carbocycles. The highest BCUT2D eigenvalue weighted by Gasteiger charge is 2.09. The standard InChI is InChI=1S/C13H18ClN5S/c1-2-3-10-12(17-8-18-13(10)19-15)16-7-6-9-4-5-11(14)20-9/h4-5,8H,2-3,6-7,15H2,1H3,(H2,16,17,18,19). The summed E-state index contributed by atoms with van der Waals surface area (Å²) in [5.74, 6) is 7.02. The second-order valence-corrected chi connectivity index (χ2v) is 6.13. The Hall–Kier alpha value is -1.37. The third kappa shape index (κ3) is 3.82. The van der Waals surface area contributed by atoms with Crippen molar-refractivity contribution in [2.45, 2.75) is 26.2 Å². The SMILES string of the molecule is CCCc1c(NN)ncnc1NCCc1ccc(Cl)s1. The fourth-order valence-corrected chi connectivity index (χ4v) is 3.05. The number of nitrogens with one attached hydrogen (secondary N) is 2. The molecule has 0 spiro atoms. The van der Waals surface area contributed by atoms with Gasteiger partial charge in [-0.1, -0.05) is 24.9 Å². The van der Waals surface area contributed by atoms with E-state index in [4.69, 9.17) is 17.4 Å². The quantitative estimate of drug-likeness (QED) is 0.541. The highest BCUT2D eigenvalue weighted by atomic mass is 35.5. The Balaban J connectivity index is 2.01. The van der Waals surface area contributed by atoms with Crippen LogP contribution in [0.4, 0.5) is 11.6 Å². The van der Waals surface area contributed by atoms with Gasteiger partial charge in [0, 0.05) is 17.0 Å². The first-order chi connectivity index (χ1) is 9.74. The molecule has 2 rings (SSSR count). The largest absolute Gasteiger partial charge is 0.369 e. The van der Waals surface area contributed by atoms with E-state index in [1.54, 1.807) is 11.3 Å². The normalized spacial score (nSPS) is 10.6. The molecule has 0 unspecified atom stereocenters. The molecule has 0 saturated heterocycles. The topological polar surface area (TPSA) is 75.9 Å². The smallest absolute Gasteiger partial charge is 0.148 e. The summed E-state index contributed by atoms with van der Waals surface area (Å²) in [4.78, 5) is 9.70. The summed E-state index contributed by atoms with van der Waals surface area (Å²) in [6.45, 7) is 2.92. The van der Waals surface area contributed by atoms with E-state index in [1.165, 1.54) is 11.2 Å². The number of nitrogens with two attached hydrogens (primary N) is 1. The lowest BCUT2D eigenvalue weighted by Gasteiger charge is -2.13. The zero-order valence-electron chi connectivity index (χ0n) is 11.3. The van der Waals surface area contributed by atoms with Gasteiger partial charge in [0.05, 0.1) is 4.34 Å². The van der Waals surface area contributed by atoms with Crippen LogP contribution in [0, 0.1) is 0 Å². The van der Waals surface area contributed by atoms with E-state index >= 15 is 0 Å². The van der Waals surface area contributed by atoms with E-state index in [0.29, 0.717) is 5.82 Å². The third-order valence-electron chi connectivity index (χ3n) is 2.87. The van der Waals surface area contributed by atoms with Crippen molar-refractivity contribution >= 4 is 34.6 Å². The number of nitrogen functional groups attached to an aromatic ring is 1. The minimum Gasteiger partial charge on any atom is -0.369 e. The third-order valence-corrected chi connectivity index (χ3v) is 4.17. The van der Waals surface area contributed by atoms with Gasteiger partial charge in [0.15, 0.2) is 0 Å². The lowest BCUT2D eigenvalue weighted by molar-refractivity contribution is 0.894. The zero-order valence-corrected chi connectivity index (χ0v) is 12.9. The molecule has 20 heavy (non-hydrogen) atoms. The monoisotopic (exact) mass is 311 g/mol. The molecule has 2 aromatic rings. The first-order valence-corrected chi connectivity index (χ1v) is 7.72. The van der Waals surface area contributed by atoms with E-state index in [2.05, 4.69) is 33.7 Å². The van der Waals surface area contributed by atoms with Crippen molar-refractivity contribution in [1.29, 1.82) is 0 Å². The van der Waals surface area contributed by atoms with Gasteiger partial charge in [-0.15, -0.1) is 11.3 Å². The fourth-order valence-electron chi connectivity index (χ4n) is 1.97. The van der Waals surface area contributed by atoms with Crippen LogP contribution in [0.15, 0.2) is 18.5 Å². The Labute approximate surface area is 127 Å². The van der Waals surface area contributed by atoms with Crippen molar-refractivity contribution in [2.24, 2.45) is 5.84 Å². The van der Waals surface area contributed by atoms with Crippen molar-refractivity contribution in [3.8, 4) is 0 Å². The van der Waals surface area contributed by atoms with E-state index in [9.17, 15) is 0 Å². The highest BCUT2D eigenvalue weighted by molar-refractivity contribution is 7.16. The minimum atomic E-state index is 0.684. The molecular weight excluding hydrogens is 294 g/mol. The fraction of sp³-hybridized carbons (Fsp3) is 0.385. The van der Waals surface area contributed by atoms with Crippen LogP contribution in [0.5, 0.6) is 0 Å². The van der Waals surface area contributed by atoms with Crippen LogP contribution in [-0.2, 0) is 12.8 Å². The molecule has 0 bridgehead atoms. The van der Waals surface area contributed by atoms with E-state index in [1.807, 2.05) is 6.07 Å². The Bertz CT molecular complexity index is 557. The number of nitrogens with zero attached hydrogens (tertiary/aromatic N) is 2. The molecular formula is C13H18ClN5S. The summed E-state index contributed by atoms with van der Waals surface area (Å²) in [6.07, 6.45) is 4.32. The van der Waals surface area contributed by atoms with Crippen LogP contribution in [0.2, 0.25) is 4.34 Å². The van der Waals surface area contributed by atoms with E-state index in [-0.39, 0.29) is 0 Å². The second-order valence-electron chi connectivity index (χ2n) is 4.33. The molecule has 5 nitrogen and oxygen atoms in total. The molecule has 7 heteroatoms. The molecule has 0 saturated carbocycles. The highest BCUT2D eigenvalue weighted by Crippen LogP contribution is 2.23. The molecule has 108 valence electrons. The predicted molar refractivity (Wildman–Crippen MR) is 85.4 cm³/mol. The van der Waals surface area contributed by atoms with Crippen molar-refractivity contribution < 1.29 is 0 Å². The van der Waals surface area contributed by atoms with Gasteiger partial charge in [-0.3, -0.25) is 0 Å². The number of hydrogen-bond donors (Lipinski definition) is 3. The van der Waals surface area contributed by atoms with Crippen LogP contribution in [-0.4, -0.2) is 16.5 Å². The van der Waals surface area contributed by atoms with Crippen LogP contribution in [0.3, 0.4) is 0 Å². The van der Waals surface area contributed by atoms with Crippen molar-refractivity contribution in [3.63, 3.8) is 0 Å². The predicted octanol–water partition coefficient (Wildman–Crippen LogP) is 3.08. The number of hydrazine groups is 1. The first kappa shape index (κ1) is 15.0. The van der Waals surface area contributed by atoms with Gasteiger partial charge >= 0.3 is 0 Å². The van der Waals surface area contributed by atoms with Crippen LogP contribution < -0.4 is 16.6 Å².